The Bertz CT molecular complexity index is 656. The summed E-state index contributed by atoms with van der Waals surface area (Å²) in [4.78, 5) is 15.6. The average molecular weight is 274 g/mol. The van der Waals surface area contributed by atoms with Crippen molar-refractivity contribution in [1.82, 2.24) is 9.55 Å². The first-order chi connectivity index (χ1) is 9.60. The smallest absolute Gasteiger partial charge is 0.335 e. The van der Waals surface area contributed by atoms with Crippen LogP contribution in [0.15, 0.2) is 18.2 Å². The maximum atomic E-state index is 11.1. The number of imidazole rings is 1. The molecule has 1 saturated carbocycles. The number of aryl methyl sites for hydroxylation is 1. The molecule has 1 heterocycles. The quantitative estimate of drug-likeness (QED) is 0.931. The minimum absolute atomic E-state index is 0.305. The van der Waals surface area contributed by atoms with E-state index in [4.69, 9.17) is 9.84 Å². The van der Waals surface area contributed by atoms with E-state index < -0.39 is 5.97 Å². The number of aromatic nitrogens is 2. The Morgan fingerprint density at radius 2 is 2.25 bits per heavy atom. The molecule has 0 spiro atoms. The van der Waals surface area contributed by atoms with Crippen molar-refractivity contribution >= 4 is 17.0 Å². The number of carboxylic acids is 1. The highest BCUT2D eigenvalue weighted by atomic mass is 16.5. The summed E-state index contributed by atoms with van der Waals surface area (Å²) in [6.07, 6.45) is 2.26. The van der Waals surface area contributed by atoms with E-state index >= 15 is 0 Å². The third kappa shape index (κ3) is 2.08. The summed E-state index contributed by atoms with van der Waals surface area (Å²) in [6.45, 7) is 4.71. The van der Waals surface area contributed by atoms with Gasteiger partial charge >= 0.3 is 5.97 Å². The second kappa shape index (κ2) is 4.90. The van der Waals surface area contributed by atoms with Gasteiger partial charge in [0.25, 0.3) is 0 Å². The van der Waals surface area contributed by atoms with Crippen LogP contribution in [-0.2, 0) is 4.74 Å². The Morgan fingerprint density at radius 1 is 1.50 bits per heavy atom. The first-order valence-corrected chi connectivity index (χ1v) is 6.93. The summed E-state index contributed by atoms with van der Waals surface area (Å²) in [5, 5.41) is 9.11. The van der Waals surface area contributed by atoms with Crippen LogP contribution < -0.4 is 0 Å². The van der Waals surface area contributed by atoms with Gasteiger partial charge < -0.3 is 14.4 Å². The van der Waals surface area contributed by atoms with Crippen molar-refractivity contribution in [3.63, 3.8) is 0 Å². The number of rotatable bonds is 4. The molecule has 106 valence electrons. The Hall–Kier alpha value is -1.88. The molecule has 0 amide bonds. The van der Waals surface area contributed by atoms with Crippen LogP contribution in [0.5, 0.6) is 0 Å². The van der Waals surface area contributed by atoms with Gasteiger partial charge in [-0.1, -0.05) is 0 Å². The molecule has 0 atom stereocenters. The summed E-state index contributed by atoms with van der Waals surface area (Å²) >= 11 is 0. The lowest BCUT2D eigenvalue weighted by atomic mass is 9.88. The number of benzene rings is 1. The highest BCUT2D eigenvalue weighted by Gasteiger charge is 2.32. The lowest BCUT2D eigenvalue weighted by molar-refractivity contribution is -0.0191. The van der Waals surface area contributed by atoms with Gasteiger partial charge in [-0.15, -0.1) is 0 Å². The molecular weight excluding hydrogens is 256 g/mol. The summed E-state index contributed by atoms with van der Waals surface area (Å²) in [5.41, 5.74) is 2.06. The number of ether oxygens (including phenoxy) is 1. The topological polar surface area (TPSA) is 64.4 Å². The second-order valence-corrected chi connectivity index (χ2v) is 5.24. The Kier molecular flexibility index (Phi) is 3.22. The molecule has 1 aromatic heterocycles. The summed E-state index contributed by atoms with van der Waals surface area (Å²) in [6, 6.07) is 5.46. The molecule has 0 saturated heterocycles. The summed E-state index contributed by atoms with van der Waals surface area (Å²) in [7, 11) is 0. The predicted molar refractivity (Wildman–Crippen MR) is 75.1 cm³/mol. The van der Waals surface area contributed by atoms with Crippen molar-refractivity contribution in [2.45, 2.75) is 38.8 Å². The molecule has 20 heavy (non-hydrogen) atoms. The molecule has 1 aliphatic carbocycles. The standard InChI is InChI=1S/C15H18N2O3/c1-3-20-12-7-11(8-12)17-9(2)16-13-5-4-10(15(18)19)6-14(13)17/h4-6,11-12H,3,7-8H2,1-2H3,(H,18,19). The molecule has 2 aromatic rings. The van der Waals surface area contributed by atoms with Crippen LogP contribution in [0.1, 0.15) is 42.0 Å². The van der Waals surface area contributed by atoms with Crippen LogP contribution in [0.3, 0.4) is 0 Å². The highest BCUT2D eigenvalue weighted by molar-refractivity contribution is 5.92. The zero-order valence-corrected chi connectivity index (χ0v) is 11.7. The first-order valence-electron chi connectivity index (χ1n) is 6.93. The Balaban J connectivity index is 1.96. The van der Waals surface area contributed by atoms with Gasteiger partial charge in [0, 0.05) is 12.6 Å². The zero-order valence-electron chi connectivity index (χ0n) is 11.7. The molecular formula is C15H18N2O3. The molecule has 3 rings (SSSR count). The van der Waals surface area contributed by atoms with Crippen LogP contribution in [-0.4, -0.2) is 33.3 Å². The van der Waals surface area contributed by atoms with E-state index in [-0.39, 0.29) is 0 Å². The molecule has 0 bridgehead atoms. The van der Waals surface area contributed by atoms with E-state index in [1.54, 1.807) is 18.2 Å². The highest BCUT2D eigenvalue weighted by Crippen LogP contribution is 2.37. The molecule has 1 N–H and O–H groups in total. The monoisotopic (exact) mass is 274 g/mol. The van der Waals surface area contributed by atoms with Gasteiger partial charge in [-0.2, -0.15) is 0 Å². The van der Waals surface area contributed by atoms with Gasteiger partial charge in [0.1, 0.15) is 5.82 Å². The van der Waals surface area contributed by atoms with E-state index in [2.05, 4.69) is 9.55 Å². The Labute approximate surface area is 117 Å². The largest absolute Gasteiger partial charge is 0.478 e. The minimum Gasteiger partial charge on any atom is -0.478 e. The number of carboxylic acid groups (broad SMARTS) is 1. The van der Waals surface area contributed by atoms with Crippen LogP contribution in [0.25, 0.3) is 11.0 Å². The number of nitrogens with zero attached hydrogens (tertiary/aromatic N) is 2. The number of carbonyl (C=O) groups is 1. The van der Waals surface area contributed by atoms with E-state index in [1.165, 1.54) is 0 Å². The maximum absolute atomic E-state index is 11.1. The Morgan fingerprint density at radius 3 is 2.90 bits per heavy atom. The minimum atomic E-state index is -0.905. The van der Waals surface area contributed by atoms with Crippen LogP contribution >= 0.6 is 0 Å². The molecule has 5 heteroatoms. The third-order valence-corrected chi connectivity index (χ3v) is 3.95. The summed E-state index contributed by atoms with van der Waals surface area (Å²) in [5.74, 6) is 0.0283. The second-order valence-electron chi connectivity index (χ2n) is 5.24. The van der Waals surface area contributed by atoms with Crippen LogP contribution in [0, 0.1) is 6.92 Å². The van der Waals surface area contributed by atoms with Crippen molar-refractivity contribution in [2.75, 3.05) is 6.61 Å². The van der Waals surface area contributed by atoms with E-state index in [0.29, 0.717) is 17.7 Å². The normalized spacial score (nSPS) is 21.9. The third-order valence-electron chi connectivity index (χ3n) is 3.95. The molecule has 1 fully saturated rings. The van der Waals surface area contributed by atoms with Crippen molar-refractivity contribution < 1.29 is 14.6 Å². The average Bonchev–Trinajstić information content (AvgIpc) is 2.68. The van der Waals surface area contributed by atoms with Crippen LogP contribution in [0.4, 0.5) is 0 Å². The molecule has 0 unspecified atom stereocenters. The van der Waals surface area contributed by atoms with E-state index in [9.17, 15) is 4.79 Å². The van der Waals surface area contributed by atoms with Gasteiger partial charge in [0.05, 0.1) is 22.7 Å². The van der Waals surface area contributed by atoms with Crippen molar-refractivity contribution in [3.8, 4) is 0 Å². The SMILES string of the molecule is CCOC1CC(n2c(C)nc3ccc(C(=O)O)cc32)C1. The fourth-order valence-corrected chi connectivity index (χ4v) is 2.93. The van der Waals surface area contributed by atoms with Gasteiger partial charge in [0.15, 0.2) is 0 Å². The summed E-state index contributed by atoms with van der Waals surface area (Å²) < 4.78 is 7.74. The van der Waals surface area contributed by atoms with Gasteiger partial charge in [0.2, 0.25) is 0 Å². The molecule has 1 aliphatic rings. The fraction of sp³-hybridized carbons (Fsp3) is 0.467. The first kappa shape index (κ1) is 13.1. The van der Waals surface area contributed by atoms with Gasteiger partial charge in [-0.25, -0.2) is 9.78 Å². The number of aromatic carboxylic acids is 1. The molecule has 1 aromatic carbocycles. The van der Waals surface area contributed by atoms with E-state index in [1.807, 2.05) is 13.8 Å². The van der Waals surface area contributed by atoms with Gasteiger partial charge in [-0.3, -0.25) is 0 Å². The lowest BCUT2D eigenvalue weighted by Gasteiger charge is -2.36. The number of fused-ring (bicyclic) bond motifs is 1. The fourth-order valence-electron chi connectivity index (χ4n) is 2.93. The van der Waals surface area contributed by atoms with Crippen LogP contribution in [0.2, 0.25) is 0 Å². The molecule has 0 aliphatic heterocycles. The molecule has 0 radical (unpaired) electrons. The van der Waals surface area contributed by atoms with Gasteiger partial charge in [-0.05, 0) is 44.9 Å². The molecule has 5 nitrogen and oxygen atoms in total. The zero-order chi connectivity index (χ0) is 14.3. The lowest BCUT2D eigenvalue weighted by Crippen LogP contribution is -2.33. The van der Waals surface area contributed by atoms with Crippen molar-refractivity contribution in [1.29, 1.82) is 0 Å². The predicted octanol–water partition coefficient (Wildman–Crippen LogP) is 2.78. The van der Waals surface area contributed by atoms with E-state index in [0.717, 1.165) is 36.3 Å². The number of hydrogen-bond donors (Lipinski definition) is 1. The van der Waals surface area contributed by atoms with Crippen molar-refractivity contribution in [2.24, 2.45) is 0 Å². The maximum Gasteiger partial charge on any atom is 0.335 e. The van der Waals surface area contributed by atoms with Crippen molar-refractivity contribution in [3.05, 3.63) is 29.6 Å². The number of hydrogen-bond acceptors (Lipinski definition) is 3.